The molecule has 102 valence electrons. The number of pyridine rings is 1. The SMILES string of the molecule is COC1CC(C(=O)O)N(C(=O)c2cncc(F)c2)C1. The van der Waals surface area contributed by atoms with E-state index in [1.165, 1.54) is 18.2 Å². The van der Waals surface area contributed by atoms with Crippen LogP contribution < -0.4 is 0 Å². The number of likely N-dealkylation sites (tertiary alicyclic amines) is 1. The van der Waals surface area contributed by atoms with E-state index in [1.807, 2.05) is 0 Å². The third-order valence-corrected chi connectivity index (χ3v) is 3.09. The molecule has 2 unspecified atom stereocenters. The van der Waals surface area contributed by atoms with E-state index in [2.05, 4.69) is 4.98 Å². The van der Waals surface area contributed by atoms with Crippen LogP contribution in [0, 0.1) is 5.82 Å². The Balaban J connectivity index is 2.24. The number of methoxy groups -OCH3 is 1. The van der Waals surface area contributed by atoms with E-state index in [1.54, 1.807) is 0 Å². The molecule has 2 rings (SSSR count). The molecule has 1 aliphatic rings. The third kappa shape index (κ3) is 2.70. The number of carboxylic acids is 1. The van der Waals surface area contributed by atoms with Crippen LogP contribution in [0.1, 0.15) is 16.8 Å². The van der Waals surface area contributed by atoms with Gasteiger partial charge >= 0.3 is 5.97 Å². The van der Waals surface area contributed by atoms with Gasteiger partial charge in [-0.05, 0) is 6.07 Å². The fourth-order valence-corrected chi connectivity index (χ4v) is 2.12. The molecule has 1 saturated heterocycles. The van der Waals surface area contributed by atoms with Crippen molar-refractivity contribution in [2.24, 2.45) is 0 Å². The summed E-state index contributed by atoms with van der Waals surface area (Å²) in [5.41, 5.74) is 0.0306. The van der Waals surface area contributed by atoms with Gasteiger partial charge in [0.15, 0.2) is 0 Å². The Morgan fingerprint density at radius 2 is 2.26 bits per heavy atom. The second kappa shape index (κ2) is 5.31. The molecule has 1 aromatic rings. The van der Waals surface area contributed by atoms with Gasteiger partial charge in [0.1, 0.15) is 11.9 Å². The van der Waals surface area contributed by atoms with E-state index in [4.69, 9.17) is 9.84 Å². The number of amides is 1. The summed E-state index contributed by atoms with van der Waals surface area (Å²) in [6.45, 7) is 0.169. The van der Waals surface area contributed by atoms with E-state index in [9.17, 15) is 14.0 Å². The van der Waals surface area contributed by atoms with Gasteiger partial charge in [-0.3, -0.25) is 9.78 Å². The van der Waals surface area contributed by atoms with Crippen LogP contribution in [0.3, 0.4) is 0 Å². The Morgan fingerprint density at radius 1 is 1.53 bits per heavy atom. The normalized spacial score (nSPS) is 22.5. The number of aliphatic carboxylic acids is 1. The number of rotatable bonds is 3. The van der Waals surface area contributed by atoms with Crippen molar-refractivity contribution in [1.82, 2.24) is 9.88 Å². The standard InChI is InChI=1S/C12H13FN2O4/c1-19-9-3-10(12(17)18)15(6-9)11(16)7-2-8(13)5-14-4-7/h2,4-5,9-10H,3,6H2,1H3,(H,17,18). The Kier molecular flexibility index (Phi) is 3.75. The summed E-state index contributed by atoms with van der Waals surface area (Å²) in [4.78, 5) is 28.1. The smallest absolute Gasteiger partial charge is 0.326 e. The minimum absolute atomic E-state index is 0.0306. The van der Waals surface area contributed by atoms with Crippen LogP contribution in [0.15, 0.2) is 18.5 Å². The first-order valence-corrected chi connectivity index (χ1v) is 5.70. The number of aromatic nitrogens is 1. The topological polar surface area (TPSA) is 79.7 Å². The molecule has 19 heavy (non-hydrogen) atoms. The summed E-state index contributed by atoms with van der Waals surface area (Å²) in [5.74, 6) is -2.29. The second-order valence-corrected chi connectivity index (χ2v) is 4.30. The van der Waals surface area contributed by atoms with Crippen molar-refractivity contribution in [3.8, 4) is 0 Å². The Hall–Kier alpha value is -2.02. The van der Waals surface area contributed by atoms with Crippen LogP contribution in [0.2, 0.25) is 0 Å². The first-order chi connectivity index (χ1) is 9.02. The predicted octanol–water partition coefficient (Wildman–Crippen LogP) is 0.535. The van der Waals surface area contributed by atoms with Gasteiger partial charge in [0.2, 0.25) is 0 Å². The molecule has 1 aliphatic heterocycles. The molecule has 2 heterocycles. The quantitative estimate of drug-likeness (QED) is 0.865. The average Bonchev–Trinajstić information content (AvgIpc) is 2.82. The highest BCUT2D eigenvalue weighted by Gasteiger charge is 2.40. The average molecular weight is 268 g/mol. The number of nitrogens with zero attached hydrogens (tertiary/aromatic N) is 2. The van der Waals surface area contributed by atoms with Gasteiger partial charge < -0.3 is 14.7 Å². The Labute approximate surface area is 108 Å². The molecule has 0 aromatic carbocycles. The van der Waals surface area contributed by atoms with E-state index < -0.39 is 23.7 Å². The molecular weight excluding hydrogens is 255 g/mol. The maximum absolute atomic E-state index is 13.0. The Bertz CT molecular complexity index is 508. The molecule has 0 bridgehead atoms. The zero-order chi connectivity index (χ0) is 14.0. The maximum atomic E-state index is 13.0. The highest BCUT2D eigenvalue weighted by molar-refractivity contribution is 5.96. The van der Waals surface area contributed by atoms with Crippen molar-refractivity contribution in [3.63, 3.8) is 0 Å². The molecule has 0 saturated carbocycles. The molecule has 6 nitrogen and oxygen atoms in total. The van der Waals surface area contributed by atoms with Gasteiger partial charge in [-0.25, -0.2) is 9.18 Å². The second-order valence-electron chi connectivity index (χ2n) is 4.30. The van der Waals surface area contributed by atoms with Gasteiger partial charge in [-0.2, -0.15) is 0 Å². The summed E-state index contributed by atoms with van der Waals surface area (Å²) in [6, 6.07) is 0.0784. The molecule has 7 heteroatoms. The number of hydrogen-bond donors (Lipinski definition) is 1. The van der Waals surface area contributed by atoms with Gasteiger partial charge in [-0.15, -0.1) is 0 Å². The number of carboxylic acid groups (broad SMARTS) is 1. The highest BCUT2D eigenvalue weighted by atomic mass is 19.1. The fourth-order valence-electron chi connectivity index (χ4n) is 2.12. The molecule has 1 amide bonds. The number of carbonyl (C=O) groups is 2. The number of hydrogen-bond acceptors (Lipinski definition) is 4. The minimum atomic E-state index is -1.10. The summed E-state index contributed by atoms with van der Waals surface area (Å²) in [5, 5.41) is 9.11. The van der Waals surface area contributed by atoms with E-state index in [0.29, 0.717) is 0 Å². The van der Waals surface area contributed by atoms with Gasteiger partial charge in [0, 0.05) is 26.3 Å². The molecule has 0 aliphatic carbocycles. The Morgan fingerprint density at radius 3 is 2.84 bits per heavy atom. The van der Waals surface area contributed by atoms with Crippen LogP contribution in [-0.2, 0) is 9.53 Å². The fraction of sp³-hybridized carbons (Fsp3) is 0.417. The van der Waals surface area contributed by atoms with E-state index >= 15 is 0 Å². The molecule has 1 fully saturated rings. The first-order valence-electron chi connectivity index (χ1n) is 5.70. The summed E-state index contributed by atoms with van der Waals surface area (Å²) in [7, 11) is 1.46. The van der Waals surface area contributed by atoms with E-state index in [-0.39, 0.29) is 24.6 Å². The minimum Gasteiger partial charge on any atom is -0.480 e. The van der Waals surface area contributed by atoms with Gasteiger partial charge in [0.25, 0.3) is 5.91 Å². The van der Waals surface area contributed by atoms with Crippen LogP contribution in [0.25, 0.3) is 0 Å². The number of halogens is 1. The first kappa shape index (κ1) is 13.4. The number of carbonyl (C=O) groups excluding carboxylic acids is 1. The van der Waals surface area contributed by atoms with Crippen LogP contribution >= 0.6 is 0 Å². The largest absolute Gasteiger partial charge is 0.480 e. The lowest BCUT2D eigenvalue weighted by Crippen LogP contribution is -2.40. The van der Waals surface area contributed by atoms with Crippen molar-refractivity contribution in [2.75, 3.05) is 13.7 Å². The van der Waals surface area contributed by atoms with Crippen molar-refractivity contribution < 1.29 is 23.8 Å². The maximum Gasteiger partial charge on any atom is 0.326 e. The van der Waals surface area contributed by atoms with Crippen LogP contribution in [0.5, 0.6) is 0 Å². The van der Waals surface area contributed by atoms with Gasteiger partial charge in [-0.1, -0.05) is 0 Å². The van der Waals surface area contributed by atoms with Crippen molar-refractivity contribution in [1.29, 1.82) is 0 Å². The third-order valence-electron chi connectivity index (χ3n) is 3.09. The summed E-state index contributed by atoms with van der Waals surface area (Å²) < 4.78 is 18.1. The highest BCUT2D eigenvalue weighted by Crippen LogP contribution is 2.22. The van der Waals surface area contributed by atoms with Crippen LogP contribution in [0.4, 0.5) is 4.39 Å². The lowest BCUT2D eigenvalue weighted by atomic mass is 10.2. The zero-order valence-corrected chi connectivity index (χ0v) is 10.2. The molecule has 2 atom stereocenters. The molecule has 0 spiro atoms. The van der Waals surface area contributed by atoms with Crippen LogP contribution in [-0.4, -0.2) is 52.7 Å². The van der Waals surface area contributed by atoms with E-state index in [0.717, 1.165) is 12.3 Å². The van der Waals surface area contributed by atoms with Gasteiger partial charge in [0.05, 0.1) is 17.9 Å². The summed E-state index contributed by atoms with van der Waals surface area (Å²) in [6.07, 6.45) is 2.09. The molecule has 1 aromatic heterocycles. The molecule has 1 N–H and O–H groups in total. The summed E-state index contributed by atoms with van der Waals surface area (Å²) >= 11 is 0. The lowest BCUT2D eigenvalue weighted by Gasteiger charge is -2.21. The zero-order valence-electron chi connectivity index (χ0n) is 10.2. The van der Waals surface area contributed by atoms with Crippen molar-refractivity contribution >= 4 is 11.9 Å². The van der Waals surface area contributed by atoms with Crippen molar-refractivity contribution in [2.45, 2.75) is 18.6 Å². The molecule has 0 radical (unpaired) electrons. The number of ether oxygens (including phenoxy) is 1. The monoisotopic (exact) mass is 268 g/mol. The predicted molar refractivity (Wildman–Crippen MR) is 62.1 cm³/mol. The molecular formula is C12H13FN2O4. The lowest BCUT2D eigenvalue weighted by molar-refractivity contribution is -0.141. The van der Waals surface area contributed by atoms with Crippen molar-refractivity contribution in [3.05, 3.63) is 29.8 Å².